The highest BCUT2D eigenvalue weighted by molar-refractivity contribution is 5.26. The Morgan fingerprint density at radius 2 is 2.00 bits per heavy atom. The van der Waals surface area contributed by atoms with Gasteiger partial charge in [-0.1, -0.05) is 12.1 Å². The second kappa shape index (κ2) is 4.67. The summed E-state index contributed by atoms with van der Waals surface area (Å²) in [6.45, 7) is 9.79. The van der Waals surface area contributed by atoms with Crippen molar-refractivity contribution in [1.29, 1.82) is 0 Å². The highest BCUT2D eigenvalue weighted by Gasteiger charge is 2.32. The summed E-state index contributed by atoms with van der Waals surface area (Å²) in [5.41, 5.74) is 1.44. The van der Waals surface area contributed by atoms with Crippen LogP contribution < -0.4 is 5.32 Å². The highest BCUT2D eigenvalue weighted by atomic mass is 16.3. The lowest BCUT2D eigenvalue weighted by Crippen LogP contribution is -2.60. The van der Waals surface area contributed by atoms with Crippen molar-refractivity contribution in [1.82, 2.24) is 10.2 Å². The number of piperazine rings is 1. The Balaban J connectivity index is 2.08. The lowest BCUT2D eigenvalue weighted by atomic mass is 9.97. The third-order valence-electron chi connectivity index (χ3n) is 3.54. The Morgan fingerprint density at radius 1 is 1.35 bits per heavy atom. The first-order valence-corrected chi connectivity index (χ1v) is 6.24. The Morgan fingerprint density at radius 3 is 2.65 bits per heavy atom. The van der Waals surface area contributed by atoms with Gasteiger partial charge in [-0.15, -0.1) is 0 Å². The van der Waals surface area contributed by atoms with E-state index in [0.717, 1.165) is 19.6 Å². The molecule has 0 saturated carbocycles. The first kappa shape index (κ1) is 12.4. The van der Waals surface area contributed by atoms with Gasteiger partial charge in [-0.3, -0.25) is 4.90 Å². The Kier molecular flexibility index (Phi) is 3.40. The van der Waals surface area contributed by atoms with Crippen LogP contribution >= 0.6 is 0 Å². The van der Waals surface area contributed by atoms with E-state index in [1.807, 2.05) is 12.1 Å². The molecule has 0 amide bonds. The predicted octanol–water partition coefficient (Wildman–Crippen LogP) is 1.96. The van der Waals surface area contributed by atoms with Gasteiger partial charge in [-0.25, -0.2) is 0 Å². The zero-order chi connectivity index (χ0) is 12.5. The third kappa shape index (κ3) is 2.99. The van der Waals surface area contributed by atoms with Gasteiger partial charge in [0.15, 0.2) is 0 Å². The SMILES string of the molecule is CC1CN(Cc2ccc(O)cc2)C(C)(C)CN1. The van der Waals surface area contributed by atoms with Crippen molar-refractivity contribution in [2.75, 3.05) is 13.1 Å². The van der Waals surface area contributed by atoms with Crippen LogP contribution in [0, 0.1) is 0 Å². The van der Waals surface area contributed by atoms with Gasteiger partial charge in [-0.2, -0.15) is 0 Å². The summed E-state index contributed by atoms with van der Waals surface area (Å²) in [6, 6.07) is 8.05. The third-order valence-corrected chi connectivity index (χ3v) is 3.54. The van der Waals surface area contributed by atoms with Crippen LogP contribution in [0.1, 0.15) is 26.3 Å². The van der Waals surface area contributed by atoms with Crippen LogP contribution in [0.4, 0.5) is 0 Å². The molecule has 1 saturated heterocycles. The Hall–Kier alpha value is -1.06. The number of phenolic OH excluding ortho intramolecular Hbond substituents is 1. The van der Waals surface area contributed by atoms with Gasteiger partial charge in [0.2, 0.25) is 0 Å². The minimum absolute atomic E-state index is 0.185. The second-order valence-electron chi connectivity index (χ2n) is 5.64. The van der Waals surface area contributed by atoms with Crippen LogP contribution in [0.5, 0.6) is 5.75 Å². The molecule has 0 aromatic heterocycles. The summed E-state index contributed by atoms with van der Waals surface area (Å²) in [5, 5.41) is 12.8. The Bertz CT molecular complexity index is 372. The van der Waals surface area contributed by atoms with E-state index in [1.54, 1.807) is 12.1 Å². The molecule has 1 aliphatic heterocycles. The fraction of sp³-hybridized carbons (Fsp3) is 0.571. The van der Waals surface area contributed by atoms with Gasteiger partial charge in [0.25, 0.3) is 0 Å². The van der Waals surface area contributed by atoms with E-state index in [9.17, 15) is 5.11 Å². The molecule has 0 spiro atoms. The van der Waals surface area contributed by atoms with Crippen molar-refractivity contribution in [3.63, 3.8) is 0 Å². The van der Waals surface area contributed by atoms with Crippen molar-refractivity contribution < 1.29 is 5.11 Å². The first-order valence-electron chi connectivity index (χ1n) is 6.24. The molecule has 2 N–H and O–H groups in total. The summed E-state index contributed by atoms with van der Waals surface area (Å²) >= 11 is 0. The highest BCUT2D eigenvalue weighted by Crippen LogP contribution is 2.22. The number of rotatable bonds is 2. The zero-order valence-electron chi connectivity index (χ0n) is 10.9. The van der Waals surface area contributed by atoms with E-state index in [-0.39, 0.29) is 5.54 Å². The second-order valence-corrected chi connectivity index (χ2v) is 5.64. The number of nitrogens with zero attached hydrogens (tertiary/aromatic N) is 1. The van der Waals surface area contributed by atoms with Crippen LogP contribution in [0.3, 0.4) is 0 Å². The summed E-state index contributed by atoms with van der Waals surface area (Å²) in [5.74, 6) is 0.335. The standard InChI is InChI=1S/C14H22N2O/c1-11-8-16(14(2,3)10-15-11)9-12-4-6-13(17)7-5-12/h4-7,11,15,17H,8-10H2,1-3H3. The van der Waals surface area contributed by atoms with Crippen molar-refractivity contribution in [3.05, 3.63) is 29.8 Å². The average Bonchev–Trinajstić information content (AvgIpc) is 2.27. The van der Waals surface area contributed by atoms with E-state index in [0.29, 0.717) is 11.8 Å². The molecule has 1 atom stereocenters. The molecule has 1 aromatic rings. The molecule has 1 aromatic carbocycles. The largest absolute Gasteiger partial charge is 0.508 e. The molecule has 94 valence electrons. The fourth-order valence-corrected chi connectivity index (χ4v) is 2.28. The van der Waals surface area contributed by atoms with Crippen molar-refractivity contribution in [3.8, 4) is 5.75 Å². The lowest BCUT2D eigenvalue weighted by Gasteiger charge is -2.45. The number of phenols is 1. The normalized spacial score (nSPS) is 24.8. The topological polar surface area (TPSA) is 35.5 Å². The van der Waals surface area contributed by atoms with Gasteiger partial charge >= 0.3 is 0 Å². The number of hydrogen-bond acceptors (Lipinski definition) is 3. The maximum atomic E-state index is 9.28. The van der Waals surface area contributed by atoms with Crippen LogP contribution in [-0.4, -0.2) is 34.7 Å². The van der Waals surface area contributed by atoms with E-state index >= 15 is 0 Å². The lowest BCUT2D eigenvalue weighted by molar-refractivity contribution is 0.0626. The van der Waals surface area contributed by atoms with E-state index in [4.69, 9.17) is 0 Å². The van der Waals surface area contributed by atoms with Gasteiger partial charge in [0.1, 0.15) is 5.75 Å². The molecule has 17 heavy (non-hydrogen) atoms. The summed E-state index contributed by atoms with van der Waals surface area (Å²) in [6.07, 6.45) is 0. The molecule has 2 rings (SSSR count). The van der Waals surface area contributed by atoms with Crippen molar-refractivity contribution in [2.45, 2.75) is 38.9 Å². The van der Waals surface area contributed by atoms with Crippen LogP contribution in [0.15, 0.2) is 24.3 Å². The smallest absolute Gasteiger partial charge is 0.115 e. The minimum Gasteiger partial charge on any atom is -0.508 e. The monoisotopic (exact) mass is 234 g/mol. The van der Waals surface area contributed by atoms with E-state index in [1.165, 1.54) is 5.56 Å². The fourth-order valence-electron chi connectivity index (χ4n) is 2.28. The van der Waals surface area contributed by atoms with Gasteiger partial charge in [-0.05, 0) is 38.5 Å². The summed E-state index contributed by atoms with van der Waals surface area (Å²) in [7, 11) is 0. The molecule has 1 aliphatic rings. The van der Waals surface area contributed by atoms with E-state index < -0.39 is 0 Å². The minimum atomic E-state index is 0.185. The summed E-state index contributed by atoms with van der Waals surface area (Å²) in [4.78, 5) is 2.50. The quantitative estimate of drug-likeness (QED) is 0.821. The molecular formula is C14H22N2O. The molecule has 3 heteroatoms. The molecule has 1 fully saturated rings. The first-order chi connectivity index (χ1) is 7.97. The number of hydrogen-bond donors (Lipinski definition) is 2. The van der Waals surface area contributed by atoms with Crippen LogP contribution in [0.2, 0.25) is 0 Å². The van der Waals surface area contributed by atoms with Crippen molar-refractivity contribution in [2.24, 2.45) is 0 Å². The van der Waals surface area contributed by atoms with Crippen LogP contribution in [0.25, 0.3) is 0 Å². The maximum Gasteiger partial charge on any atom is 0.115 e. The Labute approximate surface area is 103 Å². The van der Waals surface area contributed by atoms with Crippen molar-refractivity contribution >= 4 is 0 Å². The van der Waals surface area contributed by atoms with E-state index in [2.05, 4.69) is 31.0 Å². The predicted molar refractivity (Wildman–Crippen MR) is 70.1 cm³/mol. The molecule has 1 unspecified atom stereocenters. The zero-order valence-corrected chi connectivity index (χ0v) is 10.9. The maximum absolute atomic E-state index is 9.28. The molecule has 0 radical (unpaired) electrons. The molecule has 3 nitrogen and oxygen atoms in total. The number of benzene rings is 1. The molecule has 0 bridgehead atoms. The number of aromatic hydroxyl groups is 1. The molecular weight excluding hydrogens is 212 g/mol. The number of nitrogens with one attached hydrogen (secondary N) is 1. The molecule has 0 aliphatic carbocycles. The van der Waals surface area contributed by atoms with Gasteiger partial charge < -0.3 is 10.4 Å². The molecule has 1 heterocycles. The van der Waals surface area contributed by atoms with Gasteiger partial charge in [0.05, 0.1) is 0 Å². The van der Waals surface area contributed by atoms with Gasteiger partial charge in [0, 0.05) is 31.2 Å². The summed E-state index contributed by atoms with van der Waals surface area (Å²) < 4.78 is 0. The average molecular weight is 234 g/mol. The van der Waals surface area contributed by atoms with Crippen LogP contribution in [-0.2, 0) is 6.54 Å².